The van der Waals surface area contributed by atoms with Crippen LogP contribution in [0.2, 0.25) is 0 Å². The molecule has 0 saturated carbocycles. The number of nitrogens with zero attached hydrogens (tertiary/aromatic N) is 2. The van der Waals surface area contributed by atoms with Crippen molar-refractivity contribution < 1.29 is 9.53 Å². The van der Waals surface area contributed by atoms with Gasteiger partial charge in [0.2, 0.25) is 0 Å². The molecule has 0 radical (unpaired) electrons. The van der Waals surface area contributed by atoms with Crippen molar-refractivity contribution in [1.29, 1.82) is 0 Å². The predicted octanol–water partition coefficient (Wildman–Crippen LogP) is 3.94. The highest BCUT2D eigenvalue weighted by molar-refractivity contribution is 6.05. The number of carbonyl (C=O) groups is 1. The molecular formula is C20H18N2O2. The molecule has 0 N–H and O–H groups in total. The van der Waals surface area contributed by atoms with Gasteiger partial charge in [-0.2, -0.15) is 0 Å². The van der Waals surface area contributed by atoms with Crippen LogP contribution in [-0.2, 0) is 6.61 Å². The molecule has 0 aliphatic carbocycles. The van der Waals surface area contributed by atoms with Crippen LogP contribution in [0.25, 0.3) is 0 Å². The summed E-state index contributed by atoms with van der Waals surface area (Å²) < 4.78 is 5.72. The standard InChI is InChI=1S/C20H18N2O2/c1-22(18-5-3-2-4-6-18)20(23)17-7-9-19(10-8-17)24-15-16-11-13-21-14-12-16/h2-14H,15H2,1H3. The topological polar surface area (TPSA) is 42.4 Å². The zero-order chi connectivity index (χ0) is 16.8. The van der Waals surface area contributed by atoms with Gasteiger partial charge in [-0.25, -0.2) is 0 Å². The fourth-order valence-corrected chi connectivity index (χ4v) is 2.30. The van der Waals surface area contributed by atoms with E-state index in [9.17, 15) is 4.79 Å². The fraction of sp³-hybridized carbons (Fsp3) is 0.100. The summed E-state index contributed by atoms with van der Waals surface area (Å²) in [6.07, 6.45) is 3.47. The van der Waals surface area contributed by atoms with E-state index in [-0.39, 0.29) is 5.91 Å². The maximum Gasteiger partial charge on any atom is 0.258 e. The maximum atomic E-state index is 12.5. The molecule has 0 bridgehead atoms. The van der Waals surface area contributed by atoms with Crippen molar-refractivity contribution in [3.8, 4) is 5.75 Å². The third kappa shape index (κ3) is 3.79. The first kappa shape index (κ1) is 15.7. The smallest absolute Gasteiger partial charge is 0.258 e. The number of hydrogen-bond acceptors (Lipinski definition) is 3. The second kappa shape index (κ2) is 7.42. The quantitative estimate of drug-likeness (QED) is 0.715. The van der Waals surface area contributed by atoms with Gasteiger partial charge in [0.1, 0.15) is 12.4 Å². The molecule has 0 fully saturated rings. The molecule has 0 atom stereocenters. The molecule has 3 rings (SSSR count). The molecule has 4 heteroatoms. The Labute approximate surface area is 141 Å². The molecule has 120 valence electrons. The molecule has 0 unspecified atom stereocenters. The lowest BCUT2D eigenvalue weighted by atomic mass is 10.2. The maximum absolute atomic E-state index is 12.5. The number of benzene rings is 2. The molecule has 1 heterocycles. The Balaban J connectivity index is 1.64. The van der Waals surface area contributed by atoms with E-state index in [0.29, 0.717) is 12.2 Å². The number of ether oxygens (including phenoxy) is 1. The summed E-state index contributed by atoms with van der Waals surface area (Å²) in [7, 11) is 1.77. The van der Waals surface area contributed by atoms with Crippen LogP contribution in [-0.4, -0.2) is 17.9 Å². The average Bonchev–Trinajstić information content (AvgIpc) is 2.67. The molecule has 1 aromatic heterocycles. The third-order valence-electron chi connectivity index (χ3n) is 3.70. The van der Waals surface area contributed by atoms with Gasteiger partial charge in [-0.3, -0.25) is 9.78 Å². The first-order valence-electron chi connectivity index (χ1n) is 7.69. The van der Waals surface area contributed by atoms with Crippen LogP contribution < -0.4 is 9.64 Å². The second-order valence-corrected chi connectivity index (χ2v) is 5.37. The SMILES string of the molecule is CN(C(=O)c1ccc(OCc2ccncc2)cc1)c1ccccc1. The third-order valence-corrected chi connectivity index (χ3v) is 3.70. The van der Waals surface area contributed by atoms with Crippen molar-refractivity contribution in [3.63, 3.8) is 0 Å². The van der Waals surface area contributed by atoms with Gasteiger partial charge in [0.15, 0.2) is 0 Å². The zero-order valence-corrected chi connectivity index (χ0v) is 13.4. The number of carbonyl (C=O) groups excluding carboxylic acids is 1. The van der Waals surface area contributed by atoms with E-state index < -0.39 is 0 Å². The van der Waals surface area contributed by atoms with Crippen LogP contribution >= 0.6 is 0 Å². The van der Waals surface area contributed by atoms with Gasteiger partial charge < -0.3 is 9.64 Å². The van der Waals surface area contributed by atoms with Crippen molar-refractivity contribution in [3.05, 3.63) is 90.3 Å². The normalized spacial score (nSPS) is 10.2. The lowest BCUT2D eigenvalue weighted by Crippen LogP contribution is -2.25. The van der Waals surface area contributed by atoms with Crippen LogP contribution in [0.4, 0.5) is 5.69 Å². The average molecular weight is 318 g/mol. The van der Waals surface area contributed by atoms with Gasteiger partial charge in [-0.15, -0.1) is 0 Å². The first-order chi connectivity index (χ1) is 11.7. The Bertz CT molecular complexity index is 787. The first-order valence-corrected chi connectivity index (χ1v) is 7.69. The fourth-order valence-electron chi connectivity index (χ4n) is 2.30. The number of amides is 1. The van der Waals surface area contributed by atoms with Gasteiger partial charge in [-0.05, 0) is 54.1 Å². The summed E-state index contributed by atoms with van der Waals surface area (Å²) in [4.78, 5) is 18.1. The highest BCUT2D eigenvalue weighted by Crippen LogP contribution is 2.18. The molecule has 0 aliphatic heterocycles. The Morgan fingerprint density at radius 3 is 2.29 bits per heavy atom. The molecule has 1 amide bonds. The predicted molar refractivity (Wildman–Crippen MR) is 94.2 cm³/mol. The molecule has 0 aliphatic rings. The van der Waals surface area contributed by atoms with Crippen LogP contribution in [0.3, 0.4) is 0 Å². The van der Waals surface area contributed by atoms with Crippen molar-refractivity contribution in [2.24, 2.45) is 0 Å². The number of hydrogen-bond donors (Lipinski definition) is 0. The second-order valence-electron chi connectivity index (χ2n) is 5.37. The van der Waals surface area contributed by atoms with Crippen LogP contribution in [0.15, 0.2) is 79.1 Å². The van der Waals surface area contributed by atoms with Gasteiger partial charge in [-0.1, -0.05) is 18.2 Å². The van der Waals surface area contributed by atoms with E-state index >= 15 is 0 Å². The Kier molecular flexibility index (Phi) is 4.87. The minimum Gasteiger partial charge on any atom is -0.489 e. The number of pyridine rings is 1. The summed E-state index contributed by atoms with van der Waals surface area (Å²) in [6.45, 7) is 0.472. The molecule has 24 heavy (non-hydrogen) atoms. The van der Waals surface area contributed by atoms with Crippen LogP contribution in [0.1, 0.15) is 15.9 Å². The van der Waals surface area contributed by atoms with Crippen LogP contribution in [0, 0.1) is 0 Å². The Hall–Kier alpha value is -3.14. The van der Waals surface area contributed by atoms with Gasteiger partial charge >= 0.3 is 0 Å². The Morgan fingerprint density at radius 2 is 1.62 bits per heavy atom. The number of para-hydroxylation sites is 1. The number of anilines is 1. The number of aromatic nitrogens is 1. The minimum absolute atomic E-state index is 0.0538. The van der Waals surface area contributed by atoms with Gasteiger partial charge in [0, 0.05) is 30.7 Å². The molecule has 3 aromatic rings. The monoisotopic (exact) mass is 318 g/mol. The molecule has 0 saturated heterocycles. The van der Waals surface area contributed by atoms with Gasteiger partial charge in [0.25, 0.3) is 5.91 Å². The molecule has 2 aromatic carbocycles. The van der Waals surface area contributed by atoms with E-state index in [1.54, 1.807) is 36.5 Å². The molecular weight excluding hydrogens is 300 g/mol. The van der Waals surface area contributed by atoms with Crippen LogP contribution in [0.5, 0.6) is 5.75 Å². The molecule has 4 nitrogen and oxygen atoms in total. The Morgan fingerprint density at radius 1 is 0.958 bits per heavy atom. The zero-order valence-electron chi connectivity index (χ0n) is 13.4. The lowest BCUT2D eigenvalue weighted by molar-refractivity contribution is 0.0993. The number of rotatable bonds is 5. The van der Waals surface area contributed by atoms with Crippen molar-refractivity contribution >= 4 is 11.6 Å². The van der Waals surface area contributed by atoms with Gasteiger partial charge in [0.05, 0.1) is 0 Å². The lowest BCUT2D eigenvalue weighted by Gasteiger charge is -2.17. The highest BCUT2D eigenvalue weighted by atomic mass is 16.5. The van der Waals surface area contributed by atoms with E-state index in [0.717, 1.165) is 17.0 Å². The van der Waals surface area contributed by atoms with E-state index in [1.807, 2.05) is 54.6 Å². The van der Waals surface area contributed by atoms with E-state index in [4.69, 9.17) is 4.74 Å². The summed E-state index contributed by atoms with van der Waals surface area (Å²) in [5, 5.41) is 0. The van der Waals surface area contributed by atoms with Crippen molar-refractivity contribution in [1.82, 2.24) is 4.98 Å². The molecule has 0 spiro atoms. The van der Waals surface area contributed by atoms with Crippen molar-refractivity contribution in [2.45, 2.75) is 6.61 Å². The minimum atomic E-state index is -0.0538. The van der Waals surface area contributed by atoms with Crippen molar-refractivity contribution in [2.75, 3.05) is 11.9 Å². The largest absolute Gasteiger partial charge is 0.489 e. The summed E-state index contributed by atoms with van der Waals surface area (Å²) in [5.74, 6) is 0.674. The van der Waals surface area contributed by atoms with E-state index in [2.05, 4.69) is 4.98 Å². The summed E-state index contributed by atoms with van der Waals surface area (Å²) >= 11 is 0. The highest BCUT2D eigenvalue weighted by Gasteiger charge is 2.13. The van der Waals surface area contributed by atoms with E-state index in [1.165, 1.54) is 0 Å². The summed E-state index contributed by atoms with van der Waals surface area (Å²) in [6, 6.07) is 20.6. The summed E-state index contributed by atoms with van der Waals surface area (Å²) in [5.41, 5.74) is 2.53.